The number of pyridine rings is 1. The molecule has 2 amide bonds. The summed E-state index contributed by atoms with van der Waals surface area (Å²) in [7, 11) is 0. The second kappa shape index (κ2) is 9.62. The molecule has 5 N–H and O–H groups in total. The summed E-state index contributed by atoms with van der Waals surface area (Å²) in [6, 6.07) is 4.82. The highest BCUT2D eigenvalue weighted by Crippen LogP contribution is 2.41. The summed E-state index contributed by atoms with van der Waals surface area (Å²) in [4.78, 5) is 51.8. The lowest BCUT2D eigenvalue weighted by atomic mass is 10.00. The van der Waals surface area contributed by atoms with Crippen molar-refractivity contribution in [3.05, 3.63) is 58.8 Å². The lowest BCUT2D eigenvalue weighted by Crippen LogP contribution is -2.71. The van der Waals surface area contributed by atoms with E-state index in [1.54, 1.807) is 18.6 Å². The van der Waals surface area contributed by atoms with Crippen LogP contribution in [0.5, 0.6) is 0 Å². The van der Waals surface area contributed by atoms with Gasteiger partial charge in [-0.15, -0.1) is 23.1 Å². The molecule has 1 saturated heterocycles. The number of aromatic nitrogens is 3. The van der Waals surface area contributed by atoms with Gasteiger partial charge in [-0.05, 0) is 24.6 Å². The number of anilines is 1. The van der Waals surface area contributed by atoms with Crippen LogP contribution in [0.2, 0.25) is 0 Å². The Kier molecular flexibility index (Phi) is 6.36. The number of imidazole rings is 1. The molecule has 2 aliphatic heterocycles. The van der Waals surface area contributed by atoms with Crippen molar-refractivity contribution in [3.63, 3.8) is 0 Å². The van der Waals surface area contributed by atoms with Gasteiger partial charge in [-0.25, -0.2) is 19.2 Å². The van der Waals surface area contributed by atoms with E-state index < -0.39 is 29.2 Å². The van der Waals surface area contributed by atoms with Crippen LogP contribution in [0.1, 0.15) is 18.3 Å². The summed E-state index contributed by atoms with van der Waals surface area (Å²) < 4.78 is 1.91. The predicted octanol–water partition coefficient (Wildman–Crippen LogP) is 0.514. The van der Waals surface area contributed by atoms with E-state index >= 15 is 0 Å². The van der Waals surface area contributed by atoms with Gasteiger partial charge in [0.1, 0.15) is 29.4 Å². The topological polar surface area (TPSA) is 167 Å². The van der Waals surface area contributed by atoms with Gasteiger partial charge in [-0.3, -0.25) is 14.5 Å². The number of nitrogens with two attached hydrogens (primary N) is 1. The van der Waals surface area contributed by atoms with Crippen LogP contribution in [-0.4, -0.2) is 67.2 Å². The summed E-state index contributed by atoms with van der Waals surface area (Å²) in [5.41, 5.74) is 8.14. The van der Waals surface area contributed by atoms with Crippen LogP contribution in [0.3, 0.4) is 0 Å². The van der Waals surface area contributed by atoms with Gasteiger partial charge in [-0.2, -0.15) is 0 Å². The zero-order valence-electron chi connectivity index (χ0n) is 19.0. The number of carbonyl (C=O) groups excluding carboxylic acids is 2. The number of nitrogens with zero attached hydrogens (tertiary/aromatic N) is 4. The Morgan fingerprint density at radius 3 is 3.00 bits per heavy atom. The number of H-pyrrole nitrogens is 1. The van der Waals surface area contributed by atoms with Gasteiger partial charge in [0, 0.05) is 17.6 Å². The van der Waals surface area contributed by atoms with Gasteiger partial charge in [0.05, 0.1) is 6.20 Å². The number of nitrogen functional groups attached to an aromatic ring is 1. The molecule has 0 aromatic carbocycles. The van der Waals surface area contributed by atoms with Gasteiger partial charge < -0.3 is 21.0 Å². The fraction of sp³-hybridized carbons (Fsp3) is 0.273. The SMILES string of the molecule is CCO/N=C(/C(=O)N[C@@H]1C(=O)N2C(C(=O)O)=C(Cc3[nH]c[n+]4ccccc34)CS[C@H]12)c1csc(N)n1. The minimum Gasteiger partial charge on any atom is -0.477 e. The Morgan fingerprint density at radius 2 is 2.28 bits per heavy atom. The Bertz CT molecular complexity index is 1430. The molecule has 2 atom stereocenters. The fourth-order valence-electron chi connectivity index (χ4n) is 4.16. The fourth-order valence-corrected chi connectivity index (χ4v) is 6.05. The summed E-state index contributed by atoms with van der Waals surface area (Å²) in [6.45, 7) is 1.95. The molecule has 186 valence electrons. The average Bonchev–Trinajstić information content (AvgIpc) is 3.48. The van der Waals surface area contributed by atoms with E-state index in [4.69, 9.17) is 10.6 Å². The molecule has 14 heteroatoms. The van der Waals surface area contributed by atoms with Gasteiger partial charge in [0.15, 0.2) is 22.1 Å². The summed E-state index contributed by atoms with van der Waals surface area (Å²) in [6.07, 6.45) is 4.03. The zero-order valence-corrected chi connectivity index (χ0v) is 20.6. The minimum atomic E-state index is -1.19. The maximum Gasteiger partial charge on any atom is 0.352 e. The first-order valence-corrected chi connectivity index (χ1v) is 12.9. The summed E-state index contributed by atoms with van der Waals surface area (Å²) in [5.74, 6) is -1.96. The maximum atomic E-state index is 13.1. The molecular formula is C22H22N7O5S2+. The van der Waals surface area contributed by atoms with Gasteiger partial charge in [-0.1, -0.05) is 11.2 Å². The number of β-lactam (4-membered cyclic amide) rings is 1. The number of fused-ring (bicyclic) bond motifs is 2. The normalized spacial score (nSPS) is 19.8. The Hall–Kier alpha value is -3.91. The number of hydrogen-bond acceptors (Lipinski definition) is 9. The van der Waals surface area contributed by atoms with Crippen LogP contribution in [0, 0.1) is 0 Å². The van der Waals surface area contributed by atoms with Crippen molar-refractivity contribution in [3.8, 4) is 0 Å². The van der Waals surface area contributed by atoms with Crippen molar-refractivity contribution in [2.24, 2.45) is 5.16 Å². The minimum absolute atomic E-state index is 0.0478. The number of carboxylic acid groups (broad SMARTS) is 1. The lowest BCUT2D eigenvalue weighted by molar-refractivity contribution is -0.511. The van der Waals surface area contributed by atoms with Crippen LogP contribution in [0.25, 0.3) is 5.52 Å². The van der Waals surface area contributed by atoms with E-state index in [-0.39, 0.29) is 28.8 Å². The van der Waals surface area contributed by atoms with Crippen molar-refractivity contribution >= 4 is 57.2 Å². The molecule has 0 aliphatic carbocycles. The number of carboxylic acids is 1. The largest absolute Gasteiger partial charge is 0.477 e. The molecule has 5 rings (SSSR count). The highest BCUT2D eigenvalue weighted by atomic mass is 32.2. The van der Waals surface area contributed by atoms with Crippen molar-refractivity contribution < 1.29 is 28.7 Å². The first kappa shape index (κ1) is 23.8. The Morgan fingerprint density at radius 1 is 1.44 bits per heavy atom. The summed E-state index contributed by atoms with van der Waals surface area (Å²) in [5, 5.41) is 17.7. The number of thiazole rings is 1. The maximum absolute atomic E-state index is 13.1. The lowest BCUT2D eigenvalue weighted by Gasteiger charge is -2.49. The van der Waals surface area contributed by atoms with Crippen LogP contribution < -0.4 is 15.5 Å². The zero-order chi connectivity index (χ0) is 25.4. The van der Waals surface area contributed by atoms with Crippen molar-refractivity contribution in [2.45, 2.75) is 24.8 Å². The van der Waals surface area contributed by atoms with Crippen LogP contribution >= 0.6 is 23.1 Å². The predicted molar refractivity (Wildman–Crippen MR) is 132 cm³/mol. The van der Waals surface area contributed by atoms with E-state index in [1.165, 1.54) is 16.7 Å². The molecule has 1 fully saturated rings. The van der Waals surface area contributed by atoms with Crippen molar-refractivity contribution in [1.82, 2.24) is 20.2 Å². The van der Waals surface area contributed by atoms with Crippen LogP contribution in [-0.2, 0) is 25.6 Å². The molecule has 0 spiro atoms. The molecule has 0 saturated carbocycles. The quantitative estimate of drug-likeness (QED) is 0.142. The molecule has 3 aromatic rings. The number of oxime groups is 1. The monoisotopic (exact) mass is 528 g/mol. The smallest absolute Gasteiger partial charge is 0.352 e. The highest BCUT2D eigenvalue weighted by Gasteiger charge is 2.54. The van der Waals surface area contributed by atoms with E-state index in [1.807, 2.05) is 28.8 Å². The third-order valence-electron chi connectivity index (χ3n) is 5.77. The number of aromatic amines is 1. The van der Waals surface area contributed by atoms with E-state index in [0.717, 1.165) is 22.5 Å². The Labute approximate surface area is 212 Å². The van der Waals surface area contributed by atoms with Gasteiger partial charge >= 0.3 is 5.97 Å². The number of carbonyl (C=O) groups is 3. The van der Waals surface area contributed by atoms with Crippen LogP contribution in [0.15, 0.2) is 52.5 Å². The molecule has 12 nitrogen and oxygen atoms in total. The molecule has 5 heterocycles. The first-order valence-electron chi connectivity index (χ1n) is 11.0. The molecule has 0 bridgehead atoms. The van der Waals surface area contributed by atoms with Crippen molar-refractivity contribution in [1.29, 1.82) is 0 Å². The Balaban J connectivity index is 1.37. The van der Waals surface area contributed by atoms with Crippen molar-refractivity contribution in [2.75, 3.05) is 18.1 Å². The number of amides is 2. The van der Waals surface area contributed by atoms with E-state index in [2.05, 4.69) is 20.4 Å². The number of hydrogen-bond donors (Lipinski definition) is 4. The third kappa shape index (κ3) is 4.18. The number of rotatable bonds is 8. The van der Waals surface area contributed by atoms with Gasteiger partial charge in [0.2, 0.25) is 6.33 Å². The number of aliphatic carboxylic acids is 1. The van der Waals surface area contributed by atoms with Crippen LogP contribution in [0.4, 0.5) is 5.13 Å². The van der Waals surface area contributed by atoms with E-state index in [0.29, 0.717) is 17.7 Å². The summed E-state index contributed by atoms with van der Waals surface area (Å²) >= 11 is 2.54. The van der Waals surface area contributed by atoms with E-state index in [9.17, 15) is 19.5 Å². The average molecular weight is 529 g/mol. The number of nitrogens with one attached hydrogen (secondary N) is 2. The van der Waals surface area contributed by atoms with Gasteiger partial charge in [0.25, 0.3) is 11.8 Å². The highest BCUT2D eigenvalue weighted by molar-refractivity contribution is 8.00. The molecule has 0 radical (unpaired) electrons. The third-order valence-corrected chi connectivity index (χ3v) is 7.78. The molecule has 2 aliphatic rings. The molecule has 36 heavy (non-hydrogen) atoms. The molecule has 3 aromatic heterocycles. The number of thioether (sulfide) groups is 1. The standard InChI is InChI=1S/C22H21N7O5S2/c1-2-34-27-15(13-9-36-22(23)25-13)18(30)26-16-19(31)29-17(21(32)33)11(8-35-20(16)29)7-12-14-5-3-4-6-28(14)10-24-12/h3-6,9-10,16,20H,2,7-8H2,1H3,(H4,23,25,26,30,32,33)/p+1/b27-15+/t16-,20-/m1/s1. The second-order valence-electron chi connectivity index (χ2n) is 7.97. The molecule has 0 unspecified atom stereocenters. The molecular weight excluding hydrogens is 506 g/mol. The second-order valence-corrected chi connectivity index (χ2v) is 9.96. The first-order chi connectivity index (χ1) is 17.4.